The van der Waals surface area contributed by atoms with Gasteiger partial charge in [-0.3, -0.25) is 0 Å². The van der Waals surface area contributed by atoms with E-state index in [0.717, 1.165) is 13.1 Å². The van der Waals surface area contributed by atoms with Crippen molar-refractivity contribution < 1.29 is 0 Å². The molecular formula is C8H17N2. The largest absolute Gasteiger partial charge is 0.302 e. The Kier molecular flexibility index (Phi) is 3.16. The third kappa shape index (κ3) is 2.67. The molecule has 1 saturated heterocycles. The lowest BCUT2D eigenvalue weighted by atomic mass is 10.1. The molecule has 1 heterocycles. The van der Waals surface area contributed by atoms with Gasteiger partial charge in [0.15, 0.2) is 0 Å². The lowest BCUT2D eigenvalue weighted by molar-refractivity contribution is 0.384. The van der Waals surface area contributed by atoms with Gasteiger partial charge in [0.25, 0.3) is 0 Å². The van der Waals surface area contributed by atoms with Crippen LogP contribution in [0.15, 0.2) is 0 Å². The molecule has 0 aromatic carbocycles. The average molecular weight is 141 g/mol. The predicted octanol–water partition coefficient (Wildman–Crippen LogP) is 0.756. The second kappa shape index (κ2) is 3.94. The summed E-state index contributed by atoms with van der Waals surface area (Å²) in [5, 5.41) is 6.77. The molecule has 59 valence electrons. The van der Waals surface area contributed by atoms with E-state index in [1.54, 1.807) is 0 Å². The highest BCUT2D eigenvalue weighted by Gasteiger charge is 2.12. The Morgan fingerprint density at radius 2 is 1.90 bits per heavy atom. The zero-order valence-corrected chi connectivity index (χ0v) is 6.85. The molecule has 2 N–H and O–H groups in total. The number of nitrogens with one attached hydrogen (secondary N) is 2. The molecule has 1 fully saturated rings. The Bertz CT molecular complexity index is 85.3. The van der Waals surface area contributed by atoms with Gasteiger partial charge in [-0.25, -0.2) is 0 Å². The van der Waals surface area contributed by atoms with Crippen LogP contribution in [0.1, 0.15) is 20.3 Å². The van der Waals surface area contributed by atoms with E-state index in [1.165, 1.54) is 6.42 Å². The second-order valence-corrected chi connectivity index (χ2v) is 3.18. The van der Waals surface area contributed by atoms with E-state index in [-0.39, 0.29) is 0 Å². The molecule has 0 spiro atoms. The topological polar surface area (TPSA) is 24.1 Å². The van der Waals surface area contributed by atoms with Crippen LogP contribution in [-0.2, 0) is 0 Å². The molecule has 2 nitrogen and oxygen atoms in total. The van der Waals surface area contributed by atoms with Gasteiger partial charge in [-0.15, -0.1) is 0 Å². The van der Waals surface area contributed by atoms with E-state index in [4.69, 9.17) is 0 Å². The maximum absolute atomic E-state index is 3.38. The van der Waals surface area contributed by atoms with Gasteiger partial charge < -0.3 is 10.6 Å². The monoisotopic (exact) mass is 141 g/mol. The van der Waals surface area contributed by atoms with Crippen molar-refractivity contribution in [2.75, 3.05) is 13.1 Å². The molecule has 0 bridgehead atoms. The summed E-state index contributed by atoms with van der Waals surface area (Å²) in [5.74, 6) is 0.670. The van der Waals surface area contributed by atoms with Gasteiger partial charge in [-0.1, -0.05) is 13.8 Å². The van der Waals surface area contributed by atoms with Crippen LogP contribution in [0.25, 0.3) is 0 Å². The van der Waals surface area contributed by atoms with E-state index in [0.29, 0.717) is 12.1 Å². The SMILES string of the molecule is CC(C)[CH]C1NCCCN1. The first-order valence-electron chi connectivity index (χ1n) is 4.11. The second-order valence-electron chi connectivity index (χ2n) is 3.18. The van der Waals surface area contributed by atoms with Crippen LogP contribution in [0.3, 0.4) is 0 Å². The molecule has 0 aromatic heterocycles. The van der Waals surface area contributed by atoms with E-state index >= 15 is 0 Å². The third-order valence-electron chi connectivity index (χ3n) is 1.66. The van der Waals surface area contributed by atoms with Crippen molar-refractivity contribution in [3.63, 3.8) is 0 Å². The van der Waals surface area contributed by atoms with Crippen LogP contribution < -0.4 is 10.6 Å². The first-order valence-corrected chi connectivity index (χ1v) is 4.11. The van der Waals surface area contributed by atoms with Crippen LogP contribution in [-0.4, -0.2) is 19.3 Å². The van der Waals surface area contributed by atoms with E-state index in [2.05, 4.69) is 30.9 Å². The van der Waals surface area contributed by atoms with Crippen LogP contribution >= 0.6 is 0 Å². The summed E-state index contributed by atoms with van der Waals surface area (Å²) in [6, 6.07) is 0. The molecule has 1 rings (SSSR count). The molecule has 0 atom stereocenters. The van der Waals surface area contributed by atoms with Gasteiger partial charge in [0, 0.05) is 0 Å². The molecule has 1 radical (unpaired) electrons. The average Bonchev–Trinajstić information content (AvgIpc) is 1.88. The summed E-state index contributed by atoms with van der Waals surface area (Å²) < 4.78 is 0. The Morgan fingerprint density at radius 3 is 2.40 bits per heavy atom. The lowest BCUT2D eigenvalue weighted by Crippen LogP contribution is -2.49. The van der Waals surface area contributed by atoms with Gasteiger partial charge >= 0.3 is 0 Å². The molecule has 0 aliphatic carbocycles. The standard InChI is InChI=1S/C8H17N2/c1-7(2)6-8-9-4-3-5-10-8/h6-10H,3-5H2,1-2H3. The quantitative estimate of drug-likeness (QED) is 0.593. The fourth-order valence-electron chi connectivity index (χ4n) is 1.20. The van der Waals surface area contributed by atoms with Crippen molar-refractivity contribution in [1.82, 2.24) is 10.6 Å². The lowest BCUT2D eigenvalue weighted by Gasteiger charge is -2.25. The van der Waals surface area contributed by atoms with E-state index < -0.39 is 0 Å². The maximum Gasteiger partial charge on any atom is 0.0607 e. The smallest absolute Gasteiger partial charge is 0.0607 e. The summed E-state index contributed by atoms with van der Waals surface area (Å²) in [6.45, 7) is 6.72. The first kappa shape index (κ1) is 8.02. The Hall–Kier alpha value is -0.0800. The zero-order chi connectivity index (χ0) is 7.40. The Labute approximate surface area is 63.4 Å². The van der Waals surface area contributed by atoms with Crippen molar-refractivity contribution in [2.45, 2.75) is 26.4 Å². The highest BCUT2D eigenvalue weighted by molar-refractivity contribution is 4.85. The number of hydrogen-bond donors (Lipinski definition) is 2. The molecule has 1 aliphatic heterocycles. The van der Waals surface area contributed by atoms with Crippen molar-refractivity contribution in [1.29, 1.82) is 0 Å². The molecular weight excluding hydrogens is 124 g/mol. The van der Waals surface area contributed by atoms with Crippen molar-refractivity contribution in [3.8, 4) is 0 Å². The summed E-state index contributed by atoms with van der Waals surface area (Å²) >= 11 is 0. The minimum atomic E-state index is 0.453. The van der Waals surface area contributed by atoms with Gasteiger partial charge in [0.1, 0.15) is 0 Å². The van der Waals surface area contributed by atoms with E-state index in [9.17, 15) is 0 Å². The van der Waals surface area contributed by atoms with Crippen LogP contribution in [0.2, 0.25) is 0 Å². The maximum atomic E-state index is 3.38. The van der Waals surface area contributed by atoms with Crippen molar-refractivity contribution in [2.24, 2.45) is 5.92 Å². The number of hydrogen-bond acceptors (Lipinski definition) is 2. The fraction of sp³-hybridized carbons (Fsp3) is 0.875. The van der Waals surface area contributed by atoms with Gasteiger partial charge in [0.2, 0.25) is 0 Å². The molecule has 0 unspecified atom stereocenters. The van der Waals surface area contributed by atoms with Gasteiger partial charge in [-0.2, -0.15) is 0 Å². The zero-order valence-electron chi connectivity index (χ0n) is 6.85. The fourth-order valence-corrected chi connectivity index (χ4v) is 1.20. The number of rotatable bonds is 2. The normalized spacial score (nSPS) is 21.9. The van der Waals surface area contributed by atoms with Crippen LogP contribution in [0, 0.1) is 12.3 Å². The summed E-state index contributed by atoms with van der Waals surface area (Å²) in [7, 11) is 0. The summed E-state index contributed by atoms with van der Waals surface area (Å²) in [6.07, 6.45) is 4.01. The van der Waals surface area contributed by atoms with Crippen molar-refractivity contribution in [3.05, 3.63) is 6.42 Å². The minimum absolute atomic E-state index is 0.453. The predicted molar refractivity (Wildman–Crippen MR) is 43.5 cm³/mol. The highest BCUT2D eigenvalue weighted by Crippen LogP contribution is 2.02. The third-order valence-corrected chi connectivity index (χ3v) is 1.66. The molecule has 0 saturated carbocycles. The van der Waals surface area contributed by atoms with Crippen molar-refractivity contribution >= 4 is 0 Å². The summed E-state index contributed by atoms with van der Waals surface area (Å²) in [5.41, 5.74) is 0. The Balaban J connectivity index is 2.13. The summed E-state index contributed by atoms with van der Waals surface area (Å²) in [4.78, 5) is 0. The molecule has 2 heteroatoms. The Morgan fingerprint density at radius 1 is 1.30 bits per heavy atom. The van der Waals surface area contributed by atoms with Gasteiger partial charge in [-0.05, 0) is 31.8 Å². The van der Waals surface area contributed by atoms with Gasteiger partial charge in [0.05, 0.1) is 6.17 Å². The molecule has 0 amide bonds. The van der Waals surface area contributed by atoms with Crippen LogP contribution in [0.4, 0.5) is 0 Å². The van der Waals surface area contributed by atoms with E-state index in [1.807, 2.05) is 0 Å². The molecule has 1 aliphatic rings. The molecule has 10 heavy (non-hydrogen) atoms. The first-order chi connectivity index (χ1) is 4.79. The van der Waals surface area contributed by atoms with Crippen LogP contribution in [0.5, 0.6) is 0 Å². The minimum Gasteiger partial charge on any atom is -0.302 e. The molecule has 0 aromatic rings. The highest BCUT2D eigenvalue weighted by atomic mass is 15.1.